The van der Waals surface area contributed by atoms with E-state index < -0.39 is 0 Å². The molecular weight excluding hydrogens is 228 g/mol. The van der Waals surface area contributed by atoms with E-state index in [-0.39, 0.29) is 0 Å². The second-order valence-electron chi connectivity index (χ2n) is 4.56. The molecule has 0 radical (unpaired) electrons. The fraction of sp³-hybridized carbons (Fsp3) is 1.00. The second kappa shape index (κ2) is 4.28. The van der Waals surface area contributed by atoms with Crippen molar-refractivity contribution >= 4 is 15.9 Å². The van der Waals surface area contributed by atoms with Crippen LogP contribution in [-0.2, 0) is 0 Å². The SMILES string of the molecule is CN1CCC(CN2CCC(Br)C2)C1. The zero-order valence-corrected chi connectivity index (χ0v) is 9.96. The molecule has 2 saturated heterocycles. The third-order valence-corrected chi connectivity index (χ3v) is 3.97. The molecule has 0 N–H and O–H groups in total. The summed E-state index contributed by atoms with van der Waals surface area (Å²) in [4.78, 5) is 5.82. The molecule has 2 unspecified atom stereocenters. The molecule has 2 atom stereocenters. The molecule has 0 aromatic heterocycles. The van der Waals surface area contributed by atoms with Crippen LogP contribution in [-0.4, -0.2) is 54.4 Å². The van der Waals surface area contributed by atoms with Crippen molar-refractivity contribution in [2.24, 2.45) is 5.92 Å². The van der Waals surface area contributed by atoms with Gasteiger partial charge in [0.15, 0.2) is 0 Å². The van der Waals surface area contributed by atoms with Gasteiger partial charge >= 0.3 is 0 Å². The zero-order chi connectivity index (χ0) is 9.26. The molecular formula is C10H19BrN2. The number of likely N-dealkylation sites (tertiary alicyclic amines) is 2. The Morgan fingerprint density at radius 1 is 1.23 bits per heavy atom. The van der Waals surface area contributed by atoms with Gasteiger partial charge in [-0.05, 0) is 38.9 Å². The van der Waals surface area contributed by atoms with Gasteiger partial charge in [-0.15, -0.1) is 0 Å². The number of hydrogen-bond acceptors (Lipinski definition) is 2. The predicted octanol–water partition coefficient (Wildman–Crippen LogP) is 1.41. The van der Waals surface area contributed by atoms with Gasteiger partial charge in [0.2, 0.25) is 0 Å². The third kappa shape index (κ3) is 2.67. The van der Waals surface area contributed by atoms with Gasteiger partial charge in [-0.1, -0.05) is 15.9 Å². The molecule has 76 valence electrons. The number of rotatable bonds is 2. The summed E-state index contributed by atoms with van der Waals surface area (Å²) < 4.78 is 0. The first-order chi connectivity index (χ1) is 6.24. The maximum atomic E-state index is 3.69. The lowest BCUT2D eigenvalue weighted by Crippen LogP contribution is -2.29. The highest BCUT2D eigenvalue weighted by Crippen LogP contribution is 2.21. The molecule has 2 rings (SSSR count). The van der Waals surface area contributed by atoms with Crippen LogP contribution in [0.1, 0.15) is 12.8 Å². The number of nitrogens with zero attached hydrogens (tertiary/aromatic N) is 2. The van der Waals surface area contributed by atoms with Crippen molar-refractivity contribution in [3.05, 3.63) is 0 Å². The number of halogens is 1. The molecule has 0 spiro atoms. The molecule has 2 fully saturated rings. The standard InChI is InChI=1S/C10H19BrN2/c1-12-4-2-9(6-12)7-13-5-3-10(11)8-13/h9-10H,2-8H2,1H3. The molecule has 0 amide bonds. The highest BCUT2D eigenvalue weighted by Gasteiger charge is 2.25. The minimum Gasteiger partial charge on any atom is -0.306 e. The van der Waals surface area contributed by atoms with Gasteiger partial charge in [0, 0.05) is 24.5 Å². The first-order valence-electron chi connectivity index (χ1n) is 5.29. The summed E-state index contributed by atoms with van der Waals surface area (Å²) in [6.45, 7) is 6.50. The fourth-order valence-electron chi connectivity index (χ4n) is 2.49. The zero-order valence-electron chi connectivity index (χ0n) is 8.38. The van der Waals surface area contributed by atoms with Crippen molar-refractivity contribution in [1.82, 2.24) is 9.80 Å². The quantitative estimate of drug-likeness (QED) is 0.681. The van der Waals surface area contributed by atoms with Gasteiger partial charge in [0.1, 0.15) is 0 Å². The van der Waals surface area contributed by atoms with E-state index in [9.17, 15) is 0 Å². The Balaban J connectivity index is 1.72. The van der Waals surface area contributed by atoms with Gasteiger partial charge < -0.3 is 9.80 Å². The summed E-state index contributed by atoms with van der Waals surface area (Å²) in [6, 6.07) is 0. The maximum Gasteiger partial charge on any atom is 0.0285 e. The maximum absolute atomic E-state index is 3.69. The summed E-state index contributed by atoms with van der Waals surface area (Å²) in [7, 11) is 2.23. The molecule has 0 aromatic rings. The van der Waals surface area contributed by atoms with Gasteiger partial charge in [-0.3, -0.25) is 0 Å². The Hall–Kier alpha value is 0.400. The number of hydrogen-bond donors (Lipinski definition) is 0. The molecule has 3 heteroatoms. The molecule has 2 aliphatic heterocycles. The average molecular weight is 247 g/mol. The van der Waals surface area contributed by atoms with Gasteiger partial charge in [-0.2, -0.15) is 0 Å². The van der Waals surface area contributed by atoms with E-state index in [0.29, 0.717) is 0 Å². The molecule has 0 saturated carbocycles. The molecule has 0 aromatic carbocycles. The van der Waals surface area contributed by atoms with Gasteiger partial charge in [0.05, 0.1) is 0 Å². The Morgan fingerprint density at radius 2 is 2.08 bits per heavy atom. The molecule has 0 bridgehead atoms. The van der Waals surface area contributed by atoms with Crippen molar-refractivity contribution in [1.29, 1.82) is 0 Å². The topological polar surface area (TPSA) is 6.48 Å². The van der Waals surface area contributed by atoms with Crippen molar-refractivity contribution in [3.8, 4) is 0 Å². The summed E-state index contributed by atoms with van der Waals surface area (Å²) in [5, 5.41) is 0. The minimum absolute atomic E-state index is 0.756. The molecule has 2 nitrogen and oxygen atoms in total. The van der Waals surface area contributed by atoms with E-state index in [2.05, 4.69) is 32.8 Å². The van der Waals surface area contributed by atoms with Crippen molar-refractivity contribution in [3.63, 3.8) is 0 Å². The molecule has 2 aliphatic rings. The average Bonchev–Trinajstić information content (AvgIpc) is 2.62. The largest absolute Gasteiger partial charge is 0.306 e. The van der Waals surface area contributed by atoms with E-state index in [4.69, 9.17) is 0 Å². The first kappa shape index (κ1) is 9.94. The van der Waals surface area contributed by atoms with Crippen molar-refractivity contribution in [2.75, 3.05) is 39.8 Å². The summed E-state index contributed by atoms with van der Waals surface area (Å²) in [5.74, 6) is 0.933. The normalized spacial score (nSPS) is 37.4. The van der Waals surface area contributed by atoms with Crippen molar-refractivity contribution in [2.45, 2.75) is 17.7 Å². The van der Waals surface area contributed by atoms with Crippen LogP contribution in [0.25, 0.3) is 0 Å². The first-order valence-corrected chi connectivity index (χ1v) is 6.20. The van der Waals surface area contributed by atoms with Gasteiger partial charge in [-0.25, -0.2) is 0 Å². The van der Waals surface area contributed by atoms with Gasteiger partial charge in [0.25, 0.3) is 0 Å². The summed E-state index contributed by atoms with van der Waals surface area (Å²) in [5.41, 5.74) is 0. The second-order valence-corrected chi connectivity index (χ2v) is 5.86. The minimum atomic E-state index is 0.756. The summed E-state index contributed by atoms with van der Waals surface area (Å²) >= 11 is 3.69. The molecule has 13 heavy (non-hydrogen) atoms. The van der Waals surface area contributed by atoms with Crippen LogP contribution < -0.4 is 0 Å². The van der Waals surface area contributed by atoms with Crippen molar-refractivity contribution < 1.29 is 0 Å². The van der Waals surface area contributed by atoms with Crippen LogP contribution in [0.5, 0.6) is 0 Å². The lowest BCUT2D eigenvalue weighted by molar-refractivity contribution is 0.276. The Morgan fingerprint density at radius 3 is 2.62 bits per heavy atom. The van der Waals surface area contributed by atoms with E-state index in [1.165, 1.54) is 45.6 Å². The van der Waals surface area contributed by atoms with E-state index in [1.54, 1.807) is 0 Å². The van der Waals surface area contributed by atoms with Crippen LogP contribution in [0.4, 0.5) is 0 Å². The molecule has 2 heterocycles. The Kier molecular flexibility index (Phi) is 3.27. The highest BCUT2D eigenvalue weighted by atomic mass is 79.9. The van der Waals surface area contributed by atoms with E-state index in [0.717, 1.165) is 10.7 Å². The summed E-state index contributed by atoms with van der Waals surface area (Å²) in [6.07, 6.45) is 2.74. The third-order valence-electron chi connectivity index (χ3n) is 3.22. The monoisotopic (exact) mass is 246 g/mol. The van der Waals surface area contributed by atoms with E-state index >= 15 is 0 Å². The van der Waals surface area contributed by atoms with Crippen LogP contribution in [0.15, 0.2) is 0 Å². The smallest absolute Gasteiger partial charge is 0.0285 e. The molecule has 0 aliphatic carbocycles. The van der Waals surface area contributed by atoms with Crippen LogP contribution in [0.3, 0.4) is 0 Å². The Labute approximate surface area is 89.4 Å². The van der Waals surface area contributed by atoms with E-state index in [1.807, 2.05) is 0 Å². The predicted molar refractivity (Wildman–Crippen MR) is 59.4 cm³/mol. The highest BCUT2D eigenvalue weighted by molar-refractivity contribution is 9.09. The lowest BCUT2D eigenvalue weighted by Gasteiger charge is -2.19. The number of alkyl halides is 1. The fourth-order valence-corrected chi connectivity index (χ4v) is 3.11. The van der Waals surface area contributed by atoms with Crippen LogP contribution >= 0.6 is 15.9 Å². The van der Waals surface area contributed by atoms with Crippen LogP contribution in [0.2, 0.25) is 0 Å². The Bertz CT molecular complexity index is 156. The van der Waals surface area contributed by atoms with Crippen LogP contribution in [0, 0.1) is 5.92 Å². The lowest BCUT2D eigenvalue weighted by atomic mass is 10.1.